The lowest BCUT2D eigenvalue weighted by Gasteiger charge is -2.04. The van der Waals surface area contributed by atoms with Crippen molar-refractivity contribution in [1.29, 1.82) is 0 Å². The van der Waals surface area contributed by atoms with Crippen molar-refractivity contribution in [1.82, 2.24) is 4.98 Å². The van der Waals surface area contributed by atoms with Crippen LogP contribution in [0.2, 0.25) is 0 Å². The quantitative estimate of drug-likeness (QED) is 0.753. The van der Waals surface area contributed by atoms with Crippen molar-refractivity contribution in [2.24, 2.45) is 0 Å². The van der Waals surface area contributed by atoms with Crippen molar-refractivity contribution < 1.29 is 9.21 Å². The average Bonchev–Trinajstić information content (AvgIpc) is 3.36. The molecule has 4 nitrogen and oxygen atoms in total. The number of aryl methyl sites for hydroxylation is 1. The fourth-order valence-corrected chi connectivity index (χ4v) is 2.65. The zero-order chi connectivity index (χ0) is 16.5. The molecule has 0 saturated heterocycles. The highest BCUT2D eigenvalue weighted by atomic mass is 16.4. The van der Waals surface area contributed by atoms with Crippen LogP contribution in [0.4, 0.5) is 5.69 Å². The Morgan fingerprint density at radius 3 is 2.46 bits per heavy atom. The largest absolute Gasteiger partial charge is 0.440 e. The van der Waals surface area contributed by atoms with E-state index in [1.165, 1.54) is 0 Å². The predicted molar refractivity (Wildman–Crippen MR) is 93.0 cm³/mol. The summed E-state index contributed by atoms with van der Waals surface area (Å²) in [5, 5.41) is 2.91. The van der Waals surface area contributed by atoms with Gasteiger partial charge in [0.2, 0.25) is 5.89 Å². The summed E-state index contributed by atoms with van der Waals surface area (Å²) in [6.45, 7) is 2.01. The average molecular weight is 318 g/mol. The molecule has 0 radical (unpaired) electrons. The van der Waals surface area contributed by atoms with Crippen molar-refractivity contribution in [3.05, 3.63) is 71.6 Å². The molecule has 1 heterocycles. The summed E-state index contributed by atoms with van der Waals surface area (Å²) in [5.74, 6) is 1.31. The SMILES string of the molecule is Cc1ccc(NC(=O)c2nc(-c3ccccc3)oc2C2CC2)cc1. The summed E-state index contributed by atoms with van der Waals surface area (Å²) in [7, 11) is 0. The van der Waals surface area contributed by atoms with Gasteiger partial charge in [-0.15, -0.1) is 0 Å². The Balaban J connectivity index is 1.65. The molecule has 0 atom stereocenters. The normalized spacial score (nSPS) is 13.7. The molecule has 1 aliphatic carbocycles. The Bertz CT molecular complexity index is 862. The highest BCUT2D eigenvalue weighted by molar-refractivity contribution is 6.04. The van der Waals surface area contributed by atoms with Crippen LogP contribution < -0.4 is 5.32 Å². The molecule has 1 aliphatic rings. The molecule has 1 fully saturated rings. The number of aromatic nitrogens is 1. The molecule has 1 amide bonds. The number of carbonyl (C=O) groups excluding carboxylic acids is 1. The predicted octanol–water partition coefficient (Wildman–Crippen LogP) is 4.78. The van der Waals surface area contributed by atoms with Gasteiger partial charge in [0.05, 0.1) is 0 Å². The highest BCUT2D eigenvalue weighted by Crippen LogP contribution is 2.43. The third kappa shape index (κ3) is 2.95. The van der Waals surface area contributed by atoms with E-state index in [0.717, 1.165) is 29.7 Å². The monoisotopic (exact) mass is 318 g/mol. The van der Waals surface area contributed by atoms with Gasteiger partial charge < -0.3 is 9.73 Å². The van der Waals surface area contributed by atoms with Gasteiger partial charge in [0.25, 0.3) is 5.91 Å². The Labute approximate surface area is 140 Å². The molecule has 4 heteroatoms. The maximum atomic E-state index is 12.7. The van der Waals surface area contributed by atoms with E-state index >= 15 is 0 Å². The lowest BCUT2D eigenvalue weighted by atomic mass is 10.2. The first-order chi connectivity index (χ1) is 11.7. The van der Waals surface area contributed by atoms with E-state index in [2.05, 4.69) is 10.3 Å². The summed E-state index contributed by atoms with van der Waals surface area (Å²) in [6, 6.07) is 17.4. The van der Waals surface area contributed by atoms with E-state index in [1.54, 1.807) is 0 Å². The van der Waals surface area contributed by atoms with Crippen molar-refractivity contribution in [2.75, 3.05) is 5.32 Å². The van der Waals surface area contributed by atoms with Gasteiger partial charge in [0.15, 0.2) is 5.69 Å². The summed E-state index contributed by atoms with van der Waals surface area (Å²) in [5.41, 5.74) is 3.20. The van der Waals surface area contributed by atoms with Gasteiger partial charge >= 0.3 is 0 Å². The second-order valence-electron chi connectivity index (χ2n) is 6.19. The molecule has 3 aromatic rings. The lowest BCUT2D eigenvalue weighted by Crippen LogP contribution is -2.14. The van der Waals surface area contributed by atoms with Crippen LogP contribution in [0.5, 0.6) is 0 Å². The van der Waals surface area contributed by atoms with Gasteiger partial charge in [-0.3, -0.25) is 4.79 Å². The standard InChI is InChI=1S/C20H18N2O2/c1-13-7-11-16(12-8-13)21-19(23)17-18(14-9-10-14)24-20(22-17)15-5-3-2-4-6-15/h2-8,11-12,14H,9-10H2,1H3,(H,21,23). The van der Waals surface area contributed by atoms with Gasteiger partial charge in [0.1, 0.15) is 5.76 Å². The number of benzene rings is 2. The van der Waals surface area contributed by atoms with Crippen LogP contribution in [0.3, 0.4) is 0 Å². The fraction of sp³-hybridized carbons (Fsp3) is 0.200. The topological polar surface area (TPSA) is 55.1 Å². The Morgan fingerprint density at radius 1 is 1.08 bits per heavy atom. The van der Waals surface area contributed by atoms with Crippen LogP contribution in [0, 0.1) is 6.92 Å². The van der Waals surface area contributed by atoms with E-state index in [9.17, 15) is 4.79 Å². The lowest BCUT2D eigenvalue weighted by molar-refractivity contribution is 0.102. The molecular weight excluding hydrogens is 300 g/mol. The Morgan fingerprint density at radius 2 is 1.79 bits per heavy atom. The van der Waals surface area contributed by atoms with E-state index in [0.29, 0.717) is 23.3 Å². The molecule has 120 valence electrons. The van der Waals surface area contributed by atoms with Gasteiger partial charge in [-0.2, -0.15) is 0 Å². The second kappa shape index (κ2) is 5.96. The van der Waals surface area contributed by atoms with Crippen LogP contribution in [-0.2, 0) is 0 Å². The molecule has 4 rings (SSSR count). The smallest absolute Gasteiger partial charge is 0.277 e. The molecule has 24 heavy (non-hydrogen) atoms. The van der Waals surface area contributed by atoms with Crippen LogP contribution in [0.25, 0.3) is 11.5 Å². The van der Waals surface area contributed by atoms with Crippen molar-refractivity contribution in [3.63, 3.8) is 0 Å². The van der Waals surface area contributed by atoms with Crippen molar-refractivity contribution in [3.8, 4) is 11.5 Å². The first-order valence-corrected chi connectivity index (χ1v) is 8.15. The summed E-state index contributed by atoms with van der Waals surface area (Å²) in [6.07, 6.45) is 2.10. The number of nitrogens with zero attached hydrogens (tertiary/aromatic N) is 1. The summed E-state index contributed by atoms with van der Waals surface area (Å²) >= 11 is 0. The number of hydrogen-bond donors (Lipinski definition) is 1. The zero-order valence-electron chi connectivity index (χ0n) is 13.5. The first kappa shape index (κ1) is 14.7. The Hall–Kier alpha value is -2.88. The number of oxazole rings is 1. The molecule has 1 N–H and O–H groups in total. The van der Waals surface area contributed by atoms with E-state index in [-0.39, 0.29) is 5.91 Å². The van der Waals surface area contributed by atoms with Crippen molar-refractivity contribution in [2.45, 2.75) is 25.7 Å². The van der Waals surface area contributed by atoms with E-state index in [1.807, 2.05) is 61.5 Å². The van der Waals surface area contributed by atoms with Crippen molar-refractivity contribution >= 4 is 11.6 Å². The van der Waals surface area contributed by atoms with Crippen LogP contribution in [0.15, 0.2) is 59.0 Å². The van der Waals surface area contributed by atoms with E-state index in [4.69, 9.17) is 4.42 Å². The zero-order valence-corrected chi connectivity index (χ0v) is 13.5. The fourth-order valence-electron chi connectivity index (χ4n) is 2.65. The van der Waals surface area contributed by atoms with Gasteiger partial charge in [0, 0.05) is 17.2 Å². The number of anilines is 1. The van der Waals surface area contributed by atoms with Gasteiger partial charge in [-0.25, -0.2) is 4.98 Å². The molecule has 0 aliphatic heterocycles. The number of hydrogen-bond acceptors (Lipinski definition) is 3. The minimum Gasteiger partial charge on any atom is -0.440 e. The minimum atomic E-state index is -0.216. The number of carbonyl (C=O) groups is 1. The van der Waals surface area contributed by atoms with Gasteiger partial charge in [-0.1, -0.05) is 35.9 Å². The molecule has 2 aromatic carbocycles. The summed E-state index contributed by atoms with van der Waals surface area (Å²) < 4.78 is 5.93. The molecule has 0 unspecified atom stereocenters. The number of amides is 1. The molecule has 1 saturated carbocycles. The van der Waals surface area contributed by atoms with Crippen LogP contribution in [-0.4, -0.2) is 10.9 Å². The third-order valence-corrected chi connectivity index (χ3v) is 4.15. The molecular formula is C20H18N2O2. The van der Waals surface area contributed by atoms with Crippen LogP contribution in [0.1, 0.15) is 40.6 Å². The van der Waals surface area contributed by atoms with Gasteiger partial charge in [-0.05, 0) is 44.0 Å². The Kier molecular flexibility index (Phi) is 3.65. The highest BCUT2D eigenvalue weighted by Gasteiger charge is 2.34. The molecule has 1 aromatic heterocycles. The number of nitrogens with one attached hydrogen (secondary N) is 1. The minimum absolute atomic E-state index is 0.216. The van der Waals surface area contributed by atoms with Crippen LogP contribution >= 0.6 is 0 Å². The maximum Gasteiger partial charge on any atom is 0.277 e. The maximum absolute atomic E-state index is 12.7. The summed E-state index contributed by atoms with van der Waals surface area (Å²) in [4.78, 5) is 17.1. The van der Waals surface area contributed by atoms with E-state index < -0.39 is 0 Å². The number of rotatable bonds is 4. The third-order valence-electron chi connectivity index (χ3n) is 4.15. The first-order valence-electron chi connectivity index (χ1n) is 8.15. The molecule has 0 spiro atoms. The second-order valence-corrected chi connectivity index (χ2v) is 6.19. The molecule has 0 bridgehead atoms.